The normalized spacial score (nSPS) is 13.0. The Morgan fingerprint density at radius 2 is 2.00 bits per heavy atom. The molecule has 32 heavy (non-hydrogen) atoms. The van der Waals surface area contributed by atoms with Crippen LogP contribution in [0, 0.1) is 10.1 Å². The van der Waals surface area contributed by atoms with Crippen LogP contribution >= 0.6 is 11.3 Å². The number of rotatable bonds is 7. The summed E-state index contributed by atoms with van der Waals surface area (Å²) in [6, 6.07) is 9.98. The zero-order valence-corrected chi connectivity index (χ0v) is 18.3. The minimum absolute atomic E-state index is 0.0960. The van der Waals surface area contributed by atoms with Gasteiger partial charge in [-0.15, -0.1) is 11.3 Å². The fourth-order valence-corrected chi connectivity index (χ4v) is 4.69. The molecule has 1 aromatic carbocycles. The standard InChI is InChI=1S/C23H21N3O5S/c1-2-30-23(27)21-18-5-3-4-6-19(18)32-22(21)25-13-15-7-10-17(11-8-15)31-20-12-9-16(14-24-20)26(28)29/h7-14H,2-6H2,1H3. The van der Waals surface area contributed by atoms with Gasteiger partial charge in [-0.05, 0) is 68.0 Å². The maximum absolute atomic E-state index is 12.5. The van der Waals surface area contributed by atoms with Gasteiger partial charge in [-0.25, -0.2) is 14.8 Å². The lowest BCUT2D eigenvalue weighted by molar-refractivity contribution is -0.385. The lowest BCUT2D eigenvalue weighted by atomic mass is 9.95. The molecule has 0 saturated heterocycles. The van der Waals surface area contributed by atoms with Crippen molar-refractivity contribution in [3.05, 3.63) is 74.3 Å². The van der Waals surface area contributed by atoms with Crippen LogP contribution in [0.3, 0.4) is 0 Å². The SMILES string of the molecule is CCOC(=O)c1c(N=Cc2ccc(Oc3ccc([N+](=O)[O-])cn3)cc2)sc2c1CCCC2. The molecule has 0 N–H and O–H groups in total. The van der Waals surface area contributed by atoms with Gasteiger partial charge in [0.1, 0.15) is 16.9 Å². The molecule has 2 heterocycles. The highest BCUT2D eigenvalue weighted by atomic mass is 32.1. The fraction of sp³-hybridized carbons (Fsp3) is 0.261. The summed E-state index contributed by atoms with van der Waals surface area (Å²) in [6.07, 6.45) is 6.93. The number of ether oxygens (including phenoxy) is 2. The average molecular weight is 452 g/mol. The third-order valence-corrected chi connectivity index (χ3v) is 6.20. The molecule has 3 aromatic rings. The van der Waals surface area contributed by atoms with Crippen LogP contribution in [0.25, 0.3) is 0 Å². The summed E-state index contributed by atoms with van der Waals surface area (Å²) in [5, 5.41) is 11.4. The molecule has 0 amide bonds. The summed E-state index contributed by atoms with van der Waals surface area (Å²) in [6.45, 7) is 2.13. The minimum atomic E-state index is -0.512. The molecule has 0 spiro atoms. The van der Waals surface area contributed by atoms with Crippen LogP contribution in [-0.2, 0) is 17.6 Å². The molecule has 0 saturated carbocycles. The number of carbonyl (C=O) groups is 1. The van der Waals surface area contributed by atoms with Crippen LogP contribution in [0.1, 0.15) is 46.1 Å². The number of pyridine rings is 1. The molecule has 4 rings (SSSR count). The number of aliphatic imine (C=N–C) groups is 1. The maximum atomic E-state index is 12.5. The first-order valence-electron chi connectivity index (χ1n) is 10.3. The summed E-state index contributed by atoms with van der Waals surface area (Å²) in [5.41, 5.74) is 2.44. The molecule has 0 fully saturated rings. The third-order valence-electron chi connectivity index (χ3n) is 5.00. The van der Waals surface area contributed by atoms with E-state index in [1.807, 2.05) is 12.1 Å². The van der Waals surface area contributed by atoms with Crippen molar-refractivity contribution in [2.24, 2.45) is 4.99 Å². The van der Waals surface area contributed by atoms with E-state index in [-0.39, 0.29) is 17.5 Å². The predicted octanol–water partition coefficient (Wildman–Crippen LogP) is 5.65. The molecule has 1 aliphatic rings. The fourth-order valence-electron chi connectivity index (χ4n) is 3.47. The number of nitro groups is 1. The molecule has 0 unspecified atom stereocenters. The highest BCUT2D eigenvalue weighted by Crippen LogP contribution is 2.40. The van der Waals surface area contributed by atoms with Crippen LogP contribution in [0.15, 0.2) is 47.6 Å². The van der Waals surface area contributed by atoms with Crippen molar-refractivity contribution in [1.29, 1.82) is 0 Å². The summed E-state index contributed by atoms with van der Waals surface area (Å²) >= 11 is 1.56. The monoisotopic (exact) mass is 451 g/mol. The Hall–Kier alpha value is -3.59. The number of aryl methyl sites for hydroxylation is 1. The van der Waals surface area contributed by atoms with Crippen molar-refractivity contribution < 1.29 is 19.2 Å². The second-order valence-corrected chi connectivity index (χ2v) is 8.24. The molecule has 1 aliphatic carbocycles. The Labute approximate surface area is 188 Å². The number of thiophene rings is 1. The topological polar surface area (TPSA) is 104 Å². The lowest BCUT2D eigenvalue weighted by Gasteiger charge is -2.11. The second-order valence-electron chi connectivity index (χ2n) is 7.15. The zero-order valence-electron chi connectivity index (χ0n) is 17.4. The van der Waals surface area contributed by atoms with Crippen LogP contribution < -0.4 is 4.74 Å². The third kappa shape index (κ3) is 4.83. The van der Waals surface area contributed by atoms with E-state index in [0.717, 1.165) is 43.0 Å². The Morgan fingerprint density at radius 1 is 1.22 bits per heavy atom. The van der Waals surface area contributed by atoms with Gasteiger partial charge in [0.15, 0.2) is 0 Å². The van der Waals surface area contributed by atoms with E-state index >= 15 is 0 Å². The van der Waals surface area contributed by atoms with Crippen molar-refractivity contribution in [2.45, 2.75) is 32.6 Å². The molecular formula is C23H21N3O5S. The Kier molecular flexibility index (Phi) is 6.55. The number of esters is 1. The van der Waals surface area contributed by atoms with Crippen LogP contribution in [0.4, 0.5) is 10.7 Å². The minimum Gasteiger partial charge on any atom is -0.462 e. The zero-order chi connectivity index (χ0) is 22.5. The molecule has 9 heteroatoms. The van der Waals surface area contributed by atoms with Crippen LogP contribution in [0.5, 0.6) is 11.6 Å². The highest BCUT2D eigenvalue weighted by molar-refractivity contribution is 7.16. The van der Waals surface area contributed by atoms with Crippen molar-refractivity contribution in [3.63, 3.8) is 0 Å². The first kappa shape index (κ1) is 21.6. The Bertz CT molecular complexity index is 1150. The molecule has 0 bridgehead atoms. The van der Waals surface area contributed by atoms with Crippen LogP contribution in [-0.4, -0.2) is 28.7 Å². The van der Waals surface area contributed by atoms with E-state index in [1.165, 1.54) is 17.0 Å². The first-order valence-corrected chi connectivity index (χ1v) is 11.1. The Balaban J connectivity index is 1.50. The number of nitrogens with zero attached hydrogens (tertiary/aromatic N) is 3. The van der Waals surface area contributed by atoms with E-state index in [4.69, 9.17) is 9.47 Å². The Morgan fingerprint density at radius 3 is 2.69 bits per heavy atom. The second kappa shape index (κ2) is 9.69. The summed E-state index contributed by atoms with van der Waals surface area (Å²) in [4.78, 5) is 32.5. The smallest absolute Gasteiger partial charge is 0.341 e. The van der Waals surface area contributed by atoms with Gasteiger partial charge in [-0.3, -0.25) is 10.1 Å². The van der Waals surface area contributed by atoms with E-state index in [1.54, 1.807) is 36.6 Å². The van der Waals surface area contributed by atoms with E-state index in [2.05, 4.69) is 9.98 Å². The van der Waals surface area contributed by atoms with Gasteiger partial charge in [0.05, 0.1) is 17.1 Å². The van der Waals surface area contributed by atoms with Gasteiger partial charge < -0.3 is 9.47 Å². The summed E-state index contributed by atoms with van der Waals surface area (Å²) in [5.74, 6) is 0.501. The predicted molar refractivity (Wildman–Crippen MR) is 122 cm³/mol. The quantitative estimate of drug-likeness (QED) is 0.199. The van der Waals surface area contributed by atoms with Crippen molar-refractivity contribution in [2.75, 3.05) is 6.61 Å². The lowest BCUT2D eigenvalue weighted by Crippen LogP contribution is -2.09. The van der Waals surface area contributed by atoms with Crippen molar-refractivity contribution in [1.82, 2.24) is 4.98 Å². The van der Waals surface area contributed by atoms with E-state index in [9.17, 15) is 14.9 Å². The summed E-state index contributed by atoms with van der Waals surface area (Å²) < 4.78 is 10.9. The van der Waals surface area contributed by atoms with E-state index < -0.39 is 4.92 Å². The van der Waals surface area contributed by atoms with Crippen LogP contribution in [0.2, 0.25) is 0 Å². The van der Waals surface area contributed by atoms with Crippen molar-refractivity contribution in [3.8, 4) is 11.6 Å². The maximum Gasteiger partial charge on any atom is 0.341 e. The van der Waals surface area contributed by atoms with E-state index in [0.29, 0.717) is 22.9 Å². The van der Waals surface area contributed by atoms with Gasteiger partial charge in [-0.2, -0.15) is 0 Å². The highest BCUT2D eigenvalue weighted by Gasteiger charge is 2.26. The molecule has 2 aromatic heterocycles. The summed E-state index contributed by atoms with van der Waals surface area (Å²) in [7, 11) is 0. The number of fused-ring (bicyclic) bond motifs is 1. The molecule has 0 aliphatic heterocycles. The molecular weight excluding hydrogens is 430 g/mol. The number of hydrogen-bond donors (Lipinski definition) is 0. The molecule has 0 radical (unpaired) electrons. The molecule has 0 atom stereocenters. The van der Waals surface area contributed by atoms with Gasteiger partial charge in [0.2, 0.25) is 5.88 Å². The average Bonchev–Trinajstić information content (AvgIpc) is 3.18. The number of aromatic nitrogens is 1. The van der Waals surface area contributed by atoms with Gasteiger partial charge in [-0.1, -0.05) is 0 Å². The largest absolute Gasteiger partial charge is 0.462 e. The molecule has 164 valence electrons. The number of carbonyl (C=O) groups excluding carboxylic acids is 1. The van der Waals surface area contributed by atoms with Gasteiger partial charge in [0.25, 0.3) is 5.69 Å². The molecule has 8 nitrogen and oxygen atoms in total. The first-order chi connectivity index (χ1) is 15.5. The number of benzene rings is 1. The van der Waals surface area contributed by atoms with Gasteiger partial charge in [0, 0.05) is 23.2 Å². The number of hydrogen-bond acceptors (Lipinski definition) is 8. The van der Waals surface area contributed by atoms with Gasteiger partial charge >= 0.3 is 5.97 Å². The van der Waals surface area contributed by atoms with Crippen molar-refractivity contribution >= 4 is 34.2 Å².